The summed E-state index contributed by atoms with van der Waals surface area (Å²) in [7, 11) is 0. The van der Waals surface area contributed by atoms with Crippen molar-refractivity contribution in [1.82, 2.24) is 15.0 Å². The fourth-order valence-corrected chi connectivity index (χ4v) is 3.33. The first-order valence-electron chi connectivity index (χ1n) is 8.59. The largest absolute Gasteiger partial charge is 0.461 e. The summed E-state index contributed by atoms with van der Waals surface area (Å²) < 4.78 is 11.4. The Balaban J connectivity index is 1.62. The molecular formula is C17H22N4O3. The standard InChI is InChI=1S/C17H22N4O3/c22-12-3-1-7-21(10-12)16-14-9-18-6-5-15(14)19-17(20-16)24-11-13-4-2-8-23-13/h5-6,9,12-13,22H,1-4,7-8,10-11H2/t12?,13-/m1/s1. The predicted octanol–water partition coefficient (Wildman–Crippen LogP) is 1.54. The second-order valence-corrected chi connectivity index (χ2v) is 6.41. The highest BCUT2D eigenvalue weighted by Gasteiger charge is 2.23. The summed E-state index contributed by atoms with van der Waals surface area (Å²) in [5, 5.41) is 10.9. The lowest BCUT2D eigenvalue weighted by Crippen LogP contribution is -2.39. The number of aromatic nitrogens is 3. The summed E-state index contributed by atoms with van der Waals surface area (Å²) >= 11 is 0. The summed E-state index contributed by atoms with van der Waals surface area (Å²) in [4.78, 5) is 15.4. The summed E-state index contributed by atoms with van der Waals surface area (Å²) in [6, 6.07) is 2.22. The fourth-order valence-electron chi connectivity index (χ4n) is 3.33. The van der Waals surface area contributed by atoms with Gasteiger partial charge in [0.1, 0.15) is 12.4 Å². The van der Waals surface area contributed by atoms with Crippen LogP contribution in [0.15, 0.2) is 18.5 Å². The van der Waals surface area contributed by atoms with Crippen LogP contribution in [0.1, 0.15) is 25.7 Å². The van der Waals surface area contributed by atoms with Gasteiger partial charge in [0.05, 0.1) is 23.1 Å². The van der Waals surface area contributed by atoms with Gasteiger partial charge in [-0.15, -0.1) is 0 Å². The Kier molecular flexibility index (Phi) is 4.44. The van der Waals surface area contributed by atoms with Crippen molar-refractivity contribution in [2.24, 2.45) is 0 Å². The third-order valence-electron chi connectivity index (χ3n) is 4.57. The molecule has 128 valence electrons. The molecule has 0 saturated carbocycles. The van der Waals surface area contributed by atoms with E-state index in [0.29, 0.717) is 19.2 Å². The van der Waals surface area contributed by atoms with E-state index < -0.39 is 0 Å². The average Bonchev–Trinajstić information content (AvgIpc) is 3.13. The molecule has 1 N–H and O–H groups in total. The van der Waals surface area contributed by atoms with Crippen LogP contribution >= 0.6 is 0 Å². The number of rotatable bonds is 4. The zero-order valence-corrected chi connectivity index (χ0v) is 13.6. The molecule has 24 heavy (non-hydrogen) atoms. The number of β-amino-alcohol motifs (C(OH)–C–C–N with tert-alkyl or cyclic N) is 1. The van der Waals surface area contributed by atoms with Crippen LogP contribution in [0.4, 0.5) is 5.82 Å². The highest BCUT2D eigenvalue weighted by molar-refractivity contribution is 5.89. The van der Waals surface area contributed by atoms with Crippen LogP contribution in [0, 0.1) is 0 Å². The van der Waals surface area contributed by atoms with Gasteiger partial charge >= 0.3 is 6.01 Å². The molecule has 2 saturated heterocycles. The van der Waals surface area contributed by atoms with Crippen LogP contribution in [0.2, 0.25) is 0 Å². The maximum atomic E-state index is 9.98. The molecular weight excluding hydrogens is 308 g/mol. The van der Waals surface area contributed by atoms with Gasteiger partial charge in [-0.05, 0) is 31.7 Å². The summed E-state index contributed by atoms with van der Waals surface area (Å²) in [6.07, 6.45) is 7.17. The molecule has 1 unspecified atom stereocenters. The first kappa shape index (κ1) is 15.5. The minimum absolute atomic E-state index is 0.127. The zero-order valence-electron chi connectivity index (χ0n) is 13.6. The Labute approximate surface area is 140 Å². The van der Waals surface area contributed by atoms with Crippen molar-refractivity contribution in [3.05, 3.63) is 18.5 Å². The quantitative estimate of drug-likeness (QED) is 0.911. The highest BCUT2D eigenvalue weighted by Crippen LogP contribution is 2.28. The minimum atomic E-state index is -0.323. The number of piperidine rings is 1. The van der Waals surface area contributed by atoms with Crippen LogP contribution in [0.5, 0.6) is 6.01 Å². The van der Waals surface area contributed by atoms with E-state index in [1.807, 2.05) is 6.07 Å². The number of hydrogen-bond acceptors (Lipinski definition) is 7. The van der Waals surface area contributed by atoms with E-state index in [0.717, 1.165) is 55.6 Å². The molecule has 0 radical (unpaired) electrons. The van der Waals surface area contributed by atoms with Gasteiger partial charge in [-0.3, -0.25) is 4.98 Å². The van der Waals surface area contributed by atoms with Crippen LogP contribution in [0.3, 0.4) is 0 Å². The third-order valence-corrected chi connectivity index (χ3v) is 4.57. The lowest BCUT2D eigenvalue weighted by atomic mass is 10.1. The zero-order chi connectivity index (χ0) is 16.4. The molecule has 2 aromatic heterocycles. The number of anilines is 1. The number of aliphatic hydroxyl groups is 1. The van der Waals surface area contributed by atoms with Crippen molar-refractivity contribution in [3.63, 3.8) is 0 Å². The maximum absolute atomic E-state index is 9.98. The molecule has 0 bridgehead atoms. The van der Waals surface area contributed by atoms with Gasteiger partial charge in [-0.1, -0.05) is 0 Å². The van der Waals surface area contributed by atoms with Gasteiger partial charge in [-0.25, -0.2) is 0 Å². The van der Waals surface area contributed by atoms with Crippen molar-refractivity contribution in [1.29, 1.82) is 0 Å². The predicted molar refractivity (Wildman–Crippen MR) is 89.3 cm³/mol. The molecule has 2 aliphatic heterocycles. The van der Waals surface area contributed by atoms with Gasteiger partial charge in [0.2, 0.25) is 0 Å². The van der Waals surface area contributed by atoms with Crippen molar-refractivity contribution >= 4 is 16.7 Å². The van der Waals surface area contributed by atoms with E-state index in [9.17, 15) is 5.11 Å². The van der Waals surface area contributed by atoms with E-state index in [2.05, 4.69) is 19.9 Å². The lowest BCUT2D eigenvalue weighted by molar-refractivity contribution is 0.0647. The molecule has 2 atom stereocenters. The van der Waals surface area contributed by atoms with Gasteiger partial charge < -0.3 is 19.5 Å². The molecule has 0 amide bonds. The molecule has 2 aromatic rings. The number of pyridine rings is 1. The Hall–Kier alpha value is -1.99. The number of fused-ring (bicyclic) bond motifs is 1. The number of hydrogen-bond donors (Lipinski definition) is 1. The summed E-state index contributed by atoms with van der Waals surface area (Å²) in [5.74, 6) is 0.786. The Morgan fingerprint density at radius 1 is 1.29 bits per heavy atom. The van der Waals surface area contributed by atoms with Crippen molar-refractivity contribution in [3.8, 4) is 6.01 Å². The van der Waals surface area contributed by atoms with Crippen LogP contribution < -0.4 is 9.64 Å². The monoisotopic (exact) mass is 330 g/mol. The molecule has 4 rings (SSSR count). The van der Waals surface area contributed by atoms with Crippen LogP contribution in [-0.2, 0) is 4.74 Å². The normalized spacial score (nSPS) is 24.5. The third kappa shape index (κ3) is 3.27. The molecule has 4 heterocycles. The first-order chi connectivity index (χ1) is 11.8. The lowest BCUT2D eigenvalue weighted by Gasteiger charge is -2.31. The second-order valence-electron chi connectivity index (χ2n) is 6.41. The van der Waals surface area contributed by atoms with E-state index in [1.165, 1.54) is 0 Å². The topological polar surface area (TPSA) is 80.6 Å². The van der Waals surface area contributed by atoms with Gasteiger partial charge in [0.15, 0.2) is 0 Å². The Morgan fingerprint density at radius 3 is 3.08 bits per heavy atom. The molecule has 0 aliphatic carbocycles. The van der Waals surface area contributed by atoms with Crippen molar-refractivity contribution < 1.29 is 14.6 Å². The van der Waals surface area contributed by atoms with E-state index in [-0.39, 0.29) is 12.2 Å². The molecule has 0 spiro atoms. The number of aliphatic hydroxyl groups excluding tert-OH is 1. The fraction of sp³-hybridized carbons (Fsp3) is 0.588. The van der Waals surface area contributed by atoms with Crippen molar-refractivity contribution in [2.45, 2.75) is 37.9 Å². The smallest absolute Gasteiger partial charge is 0.319 e. The first-order valence-corrected chi connectivity index (χ1v) is 8.59. The SMILES string of the molecule is OC1CCCN(c2nc(OC[C@H]3CCCO3)nc3ccncc23)C1. The maximum Gasteiger partial charge on any atom is 0.319 e. The Morgan fingerprint density at radius 2 is 2.25 bits per heavy atom. The van der Waals surface area contributed by atoms with E-state index in [1.54, 1.807) is 12.4 Å². The average molecular weight is 330 g/mol. The Bertz CT molecular complexity index is 705. The molecule has 7 heteroatoms. The molecule has 7 nitrogen and oxygen atoms in total. The summed E-state index contributed by atoms with van der Waals surface area (Å²) in [6.45, 7) is 2.71. The van der Waals surface area contributed by atoms with Gasteiger partial charge in [0, 0.05) is 32.1 Å². The van der Waals surface area contributed by atoms with E-state index in [4.69, 9.17) is 9.47 Å². The van der Waals surface area contributed by atoms with Gasteiger partial charge in [0.25, 0.3) is 0 Å². The molecule has 0 aromatic carbocycles. The molecule has 2 aliphatic rings. The number of nitrogens with zero attached hydrogens (tertiary/aromatic N) is 4. The van der Waals surface area contributed by atoms with Gasteiger partial charge in [-0.2, -0.15) is 9.97 Å². The molecule has 2 fully saturated rings. The van der Waals surface area contributed by atoms with Crippen molar-refractivity contribution in [2.75, 3.05) is 31.2 Å². The minimum Gasteiger partial charge on any atom is -0.461 e. The van der Waals surface area contributed by atoms with Crippen LogP contribution in [0.25, 0.3) is 10.9 Å². The van der Waals surface area contributed by atoms with E-state index >= 15 is 0 Å². The highest BCUT2D eigenvalue weighted by atomic mass is 16.5. The summed E-state index contributed by atoms with van der Waals surface area (Å²) in [5.41, 5.74) is 0.803. The number of ether oxygens (including phenoxy) is 2. The van der Waals surface area contributed by atoms with Crippen LogP contribution in [-0.4, -0.2) is 58.6 Å². The second kappa shape index (κ2) is 6.86.